The molecule has 1 N–H and O–H groups in total. The number of benzene rings is 1. The van der Waals surface area contributed by atoms with E-state index in [0.717, 1.165) is 36.2 Å². The van der Waals surface area contributed by atoms with Crippen molar-refractivity contribution in [2.24, 2.45) is 0 Å². The Kier molecular flexibility index (Phi) is 3.15. The van der Waals surface area contributed by atoms with Crippen molar-refractivity contribution >= 4 is 11.7 Å². The van der Waals surface area contributed by atoms with Gasteiger partial charge in [-0.15, -0.1) is 0 Å². The second kappa shape index (κ2) is 5.22. The SMILES string of the molecule is Cc1cc(C(=O)N2[C@@H]3CC[C@H]2[C@]2(CC(=O)c4ccccc4O2)C3)c(C)[nH]1. The lowest BCUT2D eigenvalue weighted by Crippen LogP contribution is -2.52. The van der Waals surface area contributed by atoms with Crippen LogP contribution in [0.4, 0.5) is 0 Å². The Morgan fingerprint density at radius 1 is 1.27 bits per heavy atom. The van der Waals surface area contributed by atoms with Gasteiger partial charge in [0.1, 0.15) is 11.4 Å². The van der Waals surface area contributed by atoms with E-state index in [-0.39, 0.29) is 23.8 Å². The van der Waals surface area contributed by atoms with Crippen LogP contribution in [0.2, 0.25) is 0 Å². The van der Waals surface area contributed by atoms with Crippen LogP contribution in [0.1, 0.15) is 57.8 Å². The number of nitrogens with zero attached hydrogens (tertiary/aromatic N) is 1. The lowest BCUT2D eigenvalue weighted by molar-refractivity contribution is 0.0112. The molecule has 3 aliphatic heterocycles. The van der Waals surface area contributed by atoms with E-state index >= 15 is 0 Å². The fraction of sp³-hybridized carbons (Fsp3) is 0.429. The van der Waals surface area contributed by atoms with Crippen LogP contribution in [0, 0.1) is 13.8 Å². The van der Waals surface area contributed by atoms with Gasteiger partial charge in [-0.25, -0.2) is 0 Å². The van der Waals surface area contributed by atoms with Crippen molar-refractivity contribution in [3.63, 3.8) is 0 Å². The maximum Gasteiger partial charge on any atom is 0.256 e. The predicted octanol–water partition coefficient (Wildman–Crippen LogP) is 3.41. The Morgan fingerprint density at radius 3 is 2.85 bits per heavy atom. The van der Waals surface area contributed by atoms with Gasteiger partial charge in [-0.2, -0.15) is 0 Å². The number of H-pyrrole nitrogens is 1. The van der Waals surface area contributed by atoms with Crippen molar-refractivity contribution in [2.45, 2.75) is 57.2 Å². The summed E-state index contributed by atoms with van der Waals surface area (Å²) in [4.78, 5) is 31.2. The Morgan fingerprint density at radius 2 is 2.08 bits per heavy atom. The normalized spacial score (nSPS) is 29.2. The van der Waals surface area contributed by atoms with E-state index in [1.54, 1.807) is 0 Å². The molecule has 2 aromatic rings. The number of aryl methyl sites for hydroxylation is 2. The van der Waals surface area contributed by atoms with Crippen LogP contribution in [0.25, 0.3) is 0 Å². The quantitative estimate of drug-likeness (QED) is 0.857. The number of hydrogen-bond donors (Lipinski definition) is 1. The fourth-order valence-corrected chi connectivity index (χ4v) is 5.23. The number of carbonyl (C=O) groups is 2. The number of fused-ring (bicyclic) bond motifs is 4. The number of para-hydroxylation sites is 1. The van der Waals surface area contributed by atoms with Gasteiger partial charge in [0, 0.05) is 23.9 Å². The molecular formula is C21H22N2O3. The van der Waals surface area contributed by atoms with Crippen molar-refractivity contribution in [1.29, 1.82) is 0 Å². The van der Waals surface area contributed by atoms with Gasteiger partial charge < -0.3 is 14.6 Å². The van der Waals surface area contributed by atoms with E-state index in [2.05, 4.69) is 4.98 Å². The van der Waals surface area contributed by atoms with Crippen molar-refractivity contribution in [3.8, 4) is 5.75 Å². The number of aromatic nitrogens is 1. The summed E-state index contributed by atoms with van der Waals surface area (Å²) in [5.74, 6) is 0.851. The van der Waals surface area contributed by atoms with Crippen LogP contribution >= 0.6 is 0 Å². The molecule has 1 amide bonds. The summed E-state index contributed by atoms with van der Waals surface area (Å²) in [7, 11) is 0. The molecule has 2 fully saturated rings. The van der Waals surface area contributed by atoms with Gasteiger partial charge in [-0.1, -0.05) is 12.1 Å². The Balaban J connectivity index is 1.51. The average molecular weight is 350 g/mol. The second-order valence-electron chi connectivity index (χ2n) is 7.92. The van der Waals surface area contributed by atoms with Crippen LogP contribution < -0.4 is 4.74 Å². The van der Waals surface area contributed by atoms with Gasteiger partial charge in [0.15, 0.2) is 5.78 Å². The van der Waals surface area contributed by atoms with Crippen molar-refractivity contribution in [2.75, 3.05) is 0 Å². The van der Waals surface area contributed by atoms with E-state index in [4.69, 9.17) is 4.74 Å². The van der Waals surface area contributed by atoms with Crippen LogP contribution in [-0.4, -0.2) is 39.3 Å². The zero-order valence-electron chi connectivity index (χ0n) is 15.0. The number of carbonyl (C=O) groups excluding carboxylic acids is 2. The molecule has 5 rings (SSSR count). The van der Waals surface area contributed by atoms with E-state index < -0.39 is 5.60 Å². The number of amides is 1. The van der Waals surface area contributed by atoms with Gasteiger partial charge >= 0.3 is 0 Å². The first kappa shape index (κ1) is 15.7. The lowest BCUT2D eigenvalue weighted by Gasteiger charge is -2.40. The first-order chi connectivity index (χ1) is 12.5. The number of ether oxygens (including phenoxy) is 1. The molecule has 134 valence electrons. The summed E-state index contributed by atoms with van der Waals surface area (Å²) < 4.78 is 6.41. The van der Waals surface area contributed by atoms with E-state index in [9.17, 15) is 9.59 Å². The third-order valence-electron chi connectivity index (χ3n) is 6.27. The molecule has 0 saturated carbocycles. The van der Waals surface area contributed by atoms with Gasteiger partial charge in [0.05, 0.1) is 23.6 Å². The van der Waals surface area contributed by atoms with E-state index in [1.165, 1.54) is 0 Å². The van der Waals surface area contributed by atoms with E-state index in [1.807, 2.05) is 49.1 Å². The summed E-state index contributed by atoms with van der Waals surface area (Å²) in [5.41, 5.74) is 2.72. The molecule has 26 heavy (non-hydrogen) atoms. The molecule has 2 saturated heterocycles. The molecule has 0 radical (unpaired) electrons. The molecule has 2 bridgehead atoms. The van der Waals surface area contributed by atoms with Crippen LogP contribution in [-0.2, 0) is 0 Å². The monoisotopic (exact) mass is 350 g/mol. The first-order valence-electron chi connectivity index (χ1n) is 9.29. The molecule has 3 aliphatic rings. The standard InChI is InChI=1S/C21H22N2O3/c1-12-9-16(13(2)22-12)20(25)23-14-7-8-19(23)21(10-14)11-17(24)15-5-3-4-6-18(15)26-21/h3-6,9,14,19,22H,7-8,10-11H2,1-2H3/t14-,19+,21-/m1/s1. The van der Waals surface area contributed by atoms with Crippen molar-refractivity contribution in [3.05, 3.63) is 52.8 Å². The smallest absolute Gasteiger partial charge is 0.256 e. The van der Waals surface area contributed by atoms with Crippen LogP contribution in [0.15, 0.2) is 30.3 Å². The Labute approximate surface area is 152 Å². The number of nitrogens with one attached hydrogen (secondary N) is 1. The first-order valence-corrected chi connectivity index (χ1v) is 9.29. The fourth-order valence-electron chi connectivity index (χ4n) is 5.23. The maximum atomic E-state index is 13.3. The average Bonchev–Trinajstić information content (AvgIpc) is 3.25. The molecule has 1 aromatic carbocycles. The molecule has 5 heteroatoms. The van der Waals surface area contributed by atoms with Gasteiger partial charge in [0.25, 0.3) is 5.91 Å². The highest BCUT2D eigenvalue weighted by molar-refractivity contribution is 6.01. The topological polar surface area (TPSA) is 62.4 Å². The molecule has 5 nitrogen and oxygen atoms in total. The molecule has 1 aromatic heterocycles. The Hall–Kier alpha value is -2.56. The van der Waals surface area contributed by atoms with Crippen molar-refractivity contribution < 1.29 is 14.3 Å². The van der Waals surface area contributed by atoms with Crippen molar-refractivity contribution in [1.82, 2.24) is 9.88 Å². The number of hydrogen-bond acceptors (Lipinski definition) is 3. The Bertz CT molecular complexity index is 931. The number of ketones is 1. The van der Waals surface area contributed by atoms with Gasteiger partial charge in [-0.3, -0.25) is 9.59 Å². The number of Topliss-reactive ketones (excluding diaryl/α,β-unsaturated/α-hetero) is 1. The highest BCUT2D eigenvalue weighted by Gasteiger charge is 2.61. The van der Waals surface area contributed by atoms with Gasteiger partial charge in [0.2, 0.25) is 0 Å². The zero-order valence-corrected chi connectivity index (χ0v) is 15.0. The third-order valence-corrected chi connectivity index (χ3v) is 6.27. The third kappa shape index (κ3) is 2.03. The summed E-state index contributed by atoms with van der Waals surface area (Å²) in [5, 5.41) is 0. The molecule has 0 unspecified atom stereocenters. The largest absolute Gasteiger partial charge is 0.484 e. The molecular weight excluding hydrogens is 328 g/mol. The molecule has 4 heterocycles. The van der Waals surface area contributed by atoms with E-state index in [0.29, 0.717) is 17.7 Å². The number of rotatable bonds is 1. The molecule has 0 aliphatic carbocycles. The summed E-state index contributed by atoms with van der Waals surface area (Å²) in [6.45, 7) is 3.90. The summed E-state index contributed by atoms with van der Waals surface area (Å²) >= 11 is 0. The minimum Gasteiger partial charge on any atom is -0.484 e. The highest BCUT2D eigenvalue weighted by Crippen LogP contribution is 2.51. The number of aromatic amines is 1. The highest BCUT2D eigenvalue weighted by atomic mass is 16.5. The second-order valence-corrected chi connectivity index (χ2v) is 7.92. The van der Waals surface area contributed by atoms with Gasteiger partial charge in [-0.05, 0) is 44.9 Å². The minimum atomic E-state index is -0.566. The maximum absolute atomic E-state index is 13.3. The van der Waals surface area contributed by atoms with Crippen LogP contribution in [0.5, 0.6) is 5.75 Å². The zero-order chi connectivity index (χ0) is 18.1. The van der Waals surface area contributed by atoms with Crippen LogP contribution in [0.3, 0.4) is 0 Å². The lowest BCUT2D eigenvalue weighted by atomic mass is 9.78. The minimum absolute atomic E-state index is 0.0353. The molecule has 1 spiro atoms. The summed E-state index contributed by atoms with van der Waals surface area (Å²) in [6, 6.07) is 9.49. The predicted molar refractivity (Wildman–Crippen MR) is 96.6 cm³/mol. The summed E-state index contributed by atoms with van der Waals surface area (Å²) in [6.07, 6.45) is 2.99. The molecule has 3 atom stereocenters.